The Kier molecular flexibility index (Phi) is 10.4. The molecular weight excluding hydrogens is 666 g/mol. The van der Waals surface area contributed by atoms with Crippen LogP contribution in [0.5, 0.6) is 17.2 Å². The van der Waals surface area contributed by atoms with Crippen molar-refractivity contribution >= 4 is 56.8 Å². The summed E-state index contributed by atoms with van der Waals surface area (Å²) in [5.74, 6) is 2.55. The Balaban J connectivity index is 1.58. The molecule has 1 aromatic heterocycles. The molecule has 0 bridgehead atoms. The third kappa shape index (κ3) is 6.85. The molecule has 1 atom stereocenters. The Hall–Kier alpha value is -3.67. The van der Waals surface area contributed by atoms with E-state index in [4.69, 9.17) is 35.9 Å². The Morgan fingerprint density at radius 3 is 2.48 bits per heavy atom. The van der Waals surface area contributed by atoms with Crippen LogP contribution in [0, 0.1) is 0 Å². The summed E-state index contributed by atoms with van der Waals surface area (Å²) in [4.78, 5) is 18.9. The number of anilines is 2. The van der Waals surface area contributed by atoms with Crippen molar-refractivity contribution in [2.75, 3.05) is 30.5 Å². The highest BCUT2D eigenvalue weighted by atomic mass is 79.9. The van der Waals surface area contributed by atoms with Gasteiger partial charge in [-0.2, -0.15) is 4.98 Å². The molecule has 1 aliphatic rings. The van der Waals surface area contributed by atoms with Gasteiger partial charge in [0.1, 0.15) is 11.8 Å². The molecule has 44 heavy (non-hydrogen) atoms. The number of aromatic nitrogens is 3. The molecule has 5 rings (SSSR count). The van der Waals surface area contributed by atoms with E-state index in [0.717, 1.165) is 11.1 Å². The van der Waals surface area contributed by atoms with Crippen LogP contribution in [0.25, 0.3) is 0 Å². The van der Waals surface area contributed by atoms with E-state index in [1.165, 1.54) is 11.8 Å². The highest BCUT2D eigenvalue weighted by Crippen LogP contribution is 2.44. The first-order valence-corrected chi connectivity index (χ1v) is 16.4. The molecule has 230 valence electrons. The average Bonchev–Trinajstić information content (AvgIpc) is 3.41. The number of halogens is 2. The summed E-state index contributed by atoms with van der Waals surface area (Å²) in [6, 6.07) is 18.2. The molecule has 3 aromatic carbocycles. The number of hydrogen-bond acceptors (Lipinski definition) is 8. The molecule has 2 N–H and O–H groups in total. The second-order valence-electron chi connectivity index (χ2n) is 9.69. The van der Waals surface area contributed by atoms with Crippen LogP contribution in [0.1, 0.15) is 44.9 Å². The summed E-state index contributed by atoms with van der Waals surface area (Å²) in [6.45, 7) is 8.97. The lowest BCUT2D eigenvalue weighted by molar-refractivity contribution is -0.113. The fourth-order valence-electron chi connectivity index (χ4n) is 4.89. The number of carbonyl (C=O) groups excluding carboxylic acids is 1. The van der Waals surface area contributed by atoms with Crippen molar-refractivity contribution in [1.82, 2.24) is 14.8 Å². The number of amides is 1. The highest BCUT2D eigenvalue weighted by Gasteiger charge is 2.36. The zero-order valence-corrected chi connectivity index (χ0v) is 28.0. The third-order valence-electron chi connectivity index (χ3n) is 6.76. The van der Waals surface area contributed by atoms with Crippen LogP contribution in [0.4, 0.5) is 11.6 Å². The number of benzene rings is 3. The number of rotatable bonds is 12. The largest absolute Gasteiger partial charge is 0.492 e. The van der Waals surface area contributed by atoms with E-state index in [2.05, 4.69) is 26.6 Å². The van der Waals surface area contributed by atoms with E-state index in [9.17, 15) is 4.79 Å². The lowest BCUT2D eigenvalue weighted by Crippen LogP contribution is -2.31. The number of thioether (sulfide) groups is 1. The van der Waals surface area contributed by atoms with Crippen molar-refractivity contribution in [3.8, 4) is 17.2 Å². The Morgan fingerprint density at radius 2 is 1.73 bits per heavy atom. The van der Waals surface area contributed by atoms with Gasteiger partial charge in [-0.05, 0) is 85.1 Å². The van der Waals surface area contributed by atoms with Crippen LogP contribution in [-0.2, 0) is 10.5 Å². The molecular formula is C32H33BrClN5O4S. The number of nitrogens with one attached hydrogen (secondary N) is 2. The van der Waals surface area contributed by atoms with Crippen molar-refractivity contribution < 1.29 is 19.0 Å². The van der Waals surface area contributed by atoms with Gasteiger partial charge in [-0.15, -0.1) is 5.10 Å². The van der Waals surface area contributed by atoms with E-state index in [1.54, 1.807) is 4.68 Å². The predicted octanol–water partition coefficient (Wildman–Crippen LogP) is 8.11. The maximum atomic E-state index is 14.1. The third-order valence-corrected chi connectivity index (χ3v) is 8.61. The zero-order valence-electron chi connectivity index (χ0n) is 24.8. The minimum atomic E-state index is -0.640. The summed E-state index contributed by atoms with van der Waals surface area (Å²) >= 11 is 11.5. The standard InChI is InChI=1S/C32H33BrClN5O4S/c1-5-41-25-15-11-10-14-24(25)36-30(40)27-19(4)35-31-37-32(44-18-20-12-8-9-13-23(20)34)38-39(31)28(27)21-16-22(33)29(43-7-3)26(17-21)42-6-2/h8-17,28H,5-7,18H2,1-4H3,(H,36,40)(H,35,37,38). The SMILES string of the molecule is CCOc1ccccc1NC(=O)C1=C(C)Nc2nc(SCc3ccccc3Cl)nn2C1c1cc(Br)c(OCC)c(OCC)c1. The molecule has 9 nitrogen and oxygen atoms in total. The number of ether oxygens (including phenoxy) is 3. The van der Waals surface area contributed by atoms with E-state index in [1.807, 2.05) is 88.4 Å². The molecule has 1 aliphatic heterocycles. The first kappa shape index (κ1) is 31.7. The van der Waals surface area contributed by atoms with Gasteiger partial charge in [0.15, 0.2) is 11.5 Å². The summed E-state index contributed by atoms with van der Waals surface area (Å²) < 4.78 is 20.1. The molecule has 12 heteroatoms. The molecule has 0 fully saturated rings. The minimum absolute atomic E-state index is 0.304. The van der Waals surface area contributed by atoms with Crippen LogP contribution in [0.3, 0.4) is 0 Å². The van der Waals surface area contributed by atoms with Crippen LogP contribution in [-0.4, -0.2) is 40.5 Å². The summed E-state index contributed by atoms with van der Waals surface area (Å²) in [5.41, 5.74) is 3.43. The average molecular weight is 699 g/mol. The van der Waals surface area contributed by atoms with E-state index in [-0.39, 0.29) is 5.91 Å². The molecule has 1 amide bonds. The quantitative estimate of drug-likeness (QED) is 0.143. The summed E-state index contributed by atoms with van der Waals surface area (Å²) in [5, 5.41) is 12.5. The second kappa shape index (κ2) is 14.4. The molecule has 0 radical (unpaired) electrons. The summed E-state index contributed by atoms with van der Waals surface area (Å²) in [7, 11) is 0. The second-order valence-corrected chi connectivity index (χ2v) is 11.9. The lowest BCUT2D eigenvalue weighted by Gasteiger charge is -2.29. The van der Waals surface area contributed by atoms with Crippen LogP contribution in [0.15, 0.2) is 81.6 Å². The molecule has 0 saturated carbocycles. The minimum Gasteiger partial charge on any atom is -0.492 e. The number of para-hydroxylation sites is 2. The van der Waals surface area contributed by atoms with Gasteiger partial charge in [0, 0.05) is 16.5 Å². The van der Waals surface area contributed by atoms with Crippen molar-refractivity contribution in [2.45, 2.75) is 44.6 Å². The Labute approximate surface area is 274 Å². The number of fused-ring (bicyclic) bond motifs is 1. The van der Waals surface area contributed by atoms with Crippen molar-refractivity contribution in [3.05, 3.63) is 92.6 Å². The van der Waals surface area contributed by atoms with Gasteiger partial charge in [-0.3, -0.25) is 4.79 Å². The molecule has 4 aromatic rings. The van der Waals surface area contributed by atoms with Crippen molar-refractivity contribution in [2.24, 2.45) is 0 Å². The Bertz CT molecular complexity index is 1700. The van der Waals surface area contributed by atoms with Gasteiger partial charge in [-0.25, -0.2) is 4.68 Å². The number of hydrogen-bond donors (Lipinski definition) is 2. The van der Waals surface area contributed by atoms with Gasteiger partial charge >= 0.3 is 0 Å². The number of allylic oxidation sites excluding steroid dienone is 1. The molecule has 0 aliphatic carbocycles. The van der Waals surface area contributed by atoms with E-state index >= 15 is 0 Å². The number of carbonyl (C=O) groups is 1. The molecule has 0 spiro atoms. The normalized spacial score (nSPS) is 14.1. The van der Waals surface area contributed by atoms with Crippen LogP contribution in [0.2, 0.25) is 5.02 Å². The topological polar surface area (TPSA) is 99.5 Å². The van der Waals surface area contributed by atoms with E-state index < -0.39 is 6.04 Å². The predicted molar refractivity (Wildman–Crippen MR) is 178 cm³/mol. The highest BCUT2D eigenvalue weighted by molar-refractivity contribution is 9.10. The van der Waals surface area contributed by atoms with Gasteiger partial charge in [0.2, 0.25) is 11.1 Å². The van der Waals surface area contributed by atoms with Crippen molar-refractivity contribution in [3.63, 3.8) is 0 Å². The summed E-state index contributed by atoms with van der Waals surface area (Å²) in [6.07, 6.45) is 0. The fourth-order valence-corrected chi connectivity index (χ4v) is 6.58. The maximum Gasteiger partial charge on any atom is 0.255 e. The number of nitrogens with zero attached hydrogens (tertiary/aromatic N) is 3. The first-order valence-electron chi connectivity index (χ1n) is 14.3. The van der Waals surface area contributed by atoms with Gasteiger partial charge in [0.05, 0.1) is 35.6 Å². The van der Waals surface area contributed by atoms with Gasteiger partial charge < -0.3 is 24.8 Å². The zero-order chi connectivity index (χ0) is 31.2. The van der Waals surface area contributed by atoms with Crippen LogP contribution < -0.4 is 24.8 Å². The van der Waals surface area contributed by atoms with Gasteiger partial charge in [0.25, 0.3) is 5.91 Å². The molecule has 2 heterocycles. The smallest absolute Gasteiger partial charge is 0.255 e. The maximum absolute atomic E-state index is 14.1. The fraction of sp³-hybridized carbons (Fsp3) is 0.281. The van der Waals surface area contributed by atoms with E-state index in [0.29, 0.717) is 80.4 Å². The van der Waals surface area contributed by atoms with Gasteiger partial charge in [-0.1, -0.05) is 53.7 Å². The Morgan fingerprint density at radius 1 is 1.02 bits per heavy atom. The molecule has 1 unspecified atom stereocenters. The monoisotopic (exact) mass is 697 g/mol. The molecule has 0 saturated heterocycles. The first-order chi connectivity index (χ1) is 21.3. The lowest BCUT2D eigenvalue weighted by atomic mass is 9.94. The van der Waals surface area contributed by atoms with Crippen molar-refractivity contribution in [1.29, 1.82) is 0 Å². The van der Waals surface area contributed by atoms with Crippen LogP contribution >= 0.6 is 39.3 Å².